The molecule has 27 heavy (non-hydrogen) atoms. The molecule has 0 atom stereocenters. The van der Waals surface area contributed by atoms with E-state index in [9.17, 15) is 0 Å². The number of hydrogen-bond donors (Lipinski definition) is 0. The van der Waals surface area contributed by atoms with Crippen LogP contribution in [-0.2, 0) is 0 Å². The summed E-state index contributed by atoms with van der Waals surface area (Å²) in [7, 11) is 1.64. The maximum atomic E-state index is 6.31. The van der Waals surface area contributed by atoms with Crippen molar-refractivity contribution in [3.8, 4) is 28.6 Å². The fourth-order valence-electron chi connectivity index (χ4n) is 2.88. The molecule has 5 heteroatoms. The molecule has 3 heterocycles. The van der Waals surface area contributed by atoms with Gasteiger partial charge < -0.3 is 9.47 Å². The Morgan fingerprint density at radius 3 is 2.52 bits per heavy atom. The summed E-state index contributed by atoms with van der Waals surface area (Å²) in [5.41, 5.74) is 4.33. The number of aromatic nitrogens is 3. The van der Waals surface area contributed by atoms with Crippen molar-refractivity contribution in [2.45, 2.75) is 13.8 Å². The Morgan fingerprint density at radius 2 is 1.74 bits per heavy atom. The van der Waals surface area contributed by atoms with Crippen molar-refractivity contribution in [2.75, 3.05) is 7.11 Å². The lowest BCUT2D eigenvalue weighted by atomic mass is 10.1. The fourth-order valence-corrected chi connectivity index (χ4v) is 2.88. The molecular weight excluding hydrogens is 338 g/mol. The van der Waals surface area contributed by atoms with E-state index in [4.69, 9.17) is 14.5 Å². The Kier molecular flexibility index (Phi) is 4.42. The third-order valence-electron chi connectivity index (χ3n) is 4.47. The monoisotopic (exact) mass is 357 g/mol. The summed E-state index contributed by atoms with van der Waals surface area (Å²) in [4.78, 5) is 13.6. The number of hydrogen-bond acceptors (Lipinski definition) is 5. The molecule has 0 spiro atoms. The smallest absolute Gasteiger partial charge is 0.155 e. The highest BCUT2D eigenvalue weighted by Gasteiger charge is 2.14. The van der Waals surface area contributed by atoms with Gasteiger partial charge in [0.05, 0.1) is 18.3 Å². The van der Waals surface area contributed by atoms with Crippen LogP contribution in [0.25, 0.3) is 22.3 Å². The van der Waals surface area contributed by atoms with Gasteiger partial charge in [0.15, 0.2) is 5.75 Å². The molecule has 0 bridgehead atoms. The standard InChI is InChI=1S/C22H19N3O2/c1-14-12-21(22(25-15(14)2)19-6-4-5-10-23-19)27-20-9-11-24-18-8-7-16(26-3)13-17(18)20/h4-13H,1-3H3. The molecule has 0 radical (unpaired) electrons. The summed E-state index contributed by atoms with van der Waals surface area (Å²) in [6, 6.07) is 15.3. The highest BCUT2D eigenvalue weighted by molar-refractivity contribution is 5.86. The van der Waals surface area contributed by atoms with Gasteiger partial charge in [-0.3, -0.25) is 9.97 Å². The van der Waals surface area contributed by atoms with E-state index in [2.05, 4.69) is 9.97 Å². The molecule has 0 aliphatic rings. The highest BCUT2D eigenvalue weighted by Crippen LogP contribution is 2.36. The summed E-state index contributed by atoms with van der Waals surface area (Å²) in [6.07, 6.45) is 3.49. The molecular formula is C22H19N3O2. The number of fused-ring (bicyclic) bond motifs is 1. The second-order valence-corrected chi connectivity index (χ2v) is 6.25. The van der Waals surface area contributed by atoms with Crippen molar-refractivity contribution in [2.24, 2.45) is 0 Å². The number of aryl methyl sites for hydroxylation is 2. The van der Waals surface area contributed by atoms with Crippen LogP contribution in [0.3, 0.4) is 0 Å². The highest BCUT2D eigenvalue weighted by atomic mass is 16.5. The fraction of sp³-hybridized carbons (Fsp3) is 0.136. The van der Waals surface area contributed by atoms with Crippen LogP contribution in [-0.4, -0.2) is 22.1 Å². The van der Waals surface area contributed by atoms with E-state index in [0.29, 0.717) is 17.2 Å². The zero-order valence-electron chi connectivity index (χ0n) is 15.4. The van der Waals surface area contributed by atoms with Crippen LogP contribution in [0.15, 0.2) is 60.9 Å². The van der Waals surface area contributed by atoms with Crippen LogP contribution in [0.5, 0.6) is 17.2 Å². The molecule has 0 amide bonds. The lowest BCUT2D eigenvalue weighted by Gasteiger charge is -2.14. The summed E-state index contributed by atoms with van der Waals surface area (Å²) in [5, 5.41) is 0.877. The van der Waals surface area contributed by atoms with Crippen molar-refractivity contribution in [3.05, 3.63) is 72.2 Å². The zero-order chi connectivity index (χ0) is 18.8. The first-order valence-corrected chi connectivity index (χ1v) is 8.66. The molecule has 0 fully saturated rings. The van der Waals surface area contributed by atoms with Gasteiger partial charge in [0.1, 0.15) is 17.2 Å². The molecule has 3 aromatic heterocycles. The molecule has 0 saturated heterocycles. The lowest BCUT2D eigenvalue weighted by Crippen LogP contribution is -1.98. The molecule has 4 rings (SSSR count). The Bertz CT molecular complexity index is 1110. The number of ether oxygens (including phenoxy) is 2. The predicted octanol–water partition coefficient (Wildman–Crippen LogP) is 5.11. The van der Waals surface area contributed by atoms with Crippen LogP contribution in [0.1, 0.15) is 11.3 Å². The average Bonchev–Trinajstić information content (AvgIpc) is 2.71. The van der Waals surface area contributed by atoms with Crippen LogP contribution >= 0.6 is 0 Å². The molecule has 4 aromatic rings. The minimum absolute atomic E-state index is 0.659. The molecule has 0 aliphatic heterocycles. The predicted molar refractivity (Wildman–Crippen MR) is 105 cm³/mol. The van der Waals surface area contributed by atoms with Gasteiger partial charge in [0.2, 0.25) is 0 Å². The second-order valence-electron chi connectivity index (χ2n) is 6.25. The maximum absolute atomic E-state index is 6.31. The minimum atomic E-state index is 0.659. The van der Waals surface area contributed by atoms with E-state index >= 15 is 0 Å². The third kappa shape index (κ3) is 3.31. The second kappa shape index (κ2) is 7.03. The van der Waals surface area contributed by atoms with Crippen molar-refractivity contribution >= 4 is 10.9 Å². The van der Waals surface area contributed by atoms with Gasteiger partial charge in [0.25, 0.3) is 0 Å². The topological polar surface area (TPSA) is 57.1 Å². The molecule has 5 nitrogen and oxygen atoms in total. The molecule has 0 unspecified atom stereocenters. The van der Waals surface area contributed by atoms with E-state index < -0.39 is 0 Å². The first-order chi connectivity index (χ1) is 13.2. The summed E-state index contributed by atoms with van der Waals surface area (Å²) in [5.74, 6) is 2.11. The van der Waals surface area contributed by atoms with Gasteiger partial charge in [-0.25, -0.2) is 4.98 Å². The van der Waals surface area contributed by atoms with Gasteiger partial charge in [-0.1, -0.05) is 6.07 Å². The molecule has 0 aliphatic carbocycles. The number of rotatable bonds is 4. The summed E-state index contributed by atoms with van der Waals surface area (Å²) >= 11 is 0. The zero-order valence-corrected chi connectivity index (χ0v) is 15.4. The number of methoxy groups -OCH3 is 1. The van der Waals surface area contributed by atoms with Gasteiger partial charge in [-0.15, -0.1) is 0 Å². The van der Waals surface area contributed by atoms with Crippen molar-refractivity contribution in [1.82, 2.24) is 15.0 Å². The molecule has 134 valence electrons. The van der Waals surface area contributed by atoms with Crippen LogP contribution in [0.4, 0.5) is 0 Å². The first kappa shape index (κ1) is 17.0. The van der Waals surface area contributed by atoms with E-state index in [0.717, 1.165) is 33.6 Å². The van der Waals surface area contributed by atoms with Crippen molar-refractivity contribution < 1.29 is 9.47 Å². The van der Waals surface area contributed by atoms with E-state index in [1.54, 1.807) is 19.5 Å². The number of benzene rings is 1. The van der Waals surface area contributed by atoms with E-state index in [-0.39, 0.29) is 0 Å². The van der Waals surface area contributed by atoms with E-state index in [1.165, 1.54) is 0 Å². The van der Waals surface area contributed by atoms with Crippen LogP contribution < -0.4 is 9.47 Å². The molecule has 0 N–H and O–H groups in total. The summed E-state index contributed by atoms with van der Waals surface area (Å²) < 4.78 is 11.7. The van der Waals surface area contributed by atoms with E-state index in [1.807, 2.05) is 62.4 Å². The maximum Gasteiger partial charge on any atom is 0.155 e. The normalized spacial score (nSPS) is 10.8. The SMILES string of the molecule is COc1ccc2nccc(Oc3cc(C)c(C)nc3-c3ccccn3)c2c1. The van der Waals surface area contributed by atoms with Gasteiger partial charge in [-0.05, 0) is 61.9 Å². The van der Waals surface area contributed by atoms with Crippen molar-refractivity contribution in [3.63, 3.8) is 0 Å². The van der Waals surface area contributed by atoms with Crippen molar-refractivity contribution in [1.29, 1.82) is 0 Å². The Balaban J connectivity index is 1.86. The number of pyridine rings is 3. The van der Waals surface area contributed by atoms with Crippen LogP contribution in [0.2, 0.25) is 0 Å². The van der Waals surface area contributed by atoms with Gasteiger partial charge in [-0.2, -0.15) is 0 Å². The lowest BCUT2D eigenvalue weighted by molar-refractivity contribution is 0.415. The Morgan fingerprint density at radius 1 is 0.852 bits per heavy atom. The Labute approximate surface area is 157 Å². The average molecular weight is 357 g/mol. The Hall–Kier alpha value is -3.47. The largest absolute Gasteiger partial charge is 0.497 e. The van der Waals surface area contributed by atoms with Gasteiger partial charge in [0, 0.05) is 23.5 Å². The molecule has 0 saturated carbocycles. The third-order valence-corrected chi connectivity index (χ3v) is 4.47. The number of nitrogens with zero attached hydrogens (tertiary/aromatic N) is 3. The summed E-state index contributed by atoms with van der Waals surface area (Å²) in [6.45, 7) is 4.00. The first-order valence-electron chi connectivity index (χ1n) is 8.66. The minimum Gasteiger partial charge on any atom is -0.497 e. The molecule has 1 aromatic carbocycles. The quantitative estimate of drug-likeness (QED) is 0.508. The van der Waals surface area contributed by atoms with Crippen LogP contribution in [0, 0.1) is 13.8 Å². The van der Waals surface area contributed by atoms with Gasteiger partial charge >= 0.3 is 0 Å².